The maximum absolute atomic E-state index is 13.4. The number of benzene rings is 1. The van der Waals surface area contributed by atoms with Crippen LogP contribution in [0.2, 0.25) is 0 Å². The molecule has 1 saturated heterocycles. The molecule has 4 amide bonds. The van der Waals surface area contributed by atoms with Crippen molar-refractivity contribution in [2.75, 3.05) is 11.9 Å². The van der Waals surface area contributed by atoms with E-state index in [2.05, 4.69) is 27.6 Å². The molecule has 3 aromatic rings. The average molecular weight is 595 g/mol. The van der Waals surface area contributed by atoms with Crippen LogP contribution in [0.15, 0.2) is 42.7 Å². The standard InChI is InChI=1S/C33H34N6O5/c40-21-13-19(14-21)22-4-2-10-34-30(22)24-16-38(37-29(24)18-6-7-18)20-11-17(12-20)15-35-25-5-1-3-23-28(25)33(44)39(32(23)43)26-8-9-27(41)36-31(26)42/h1-5,10,16-21,26,35,40H,6-9,11-15H2,(H,36,41,42)/t17-,19-,20-,21-,26?. The molecule has 4 fully saturated rings. The van der Waals surface area contributed by atoms with Crippen molar-refractivity contribution in [3.8, 4) is 11.3 Å². The number of pyridine rings is 1. The number of rotatable bonds is 8. The minimum atomic E-state index is -0.984. The third kappa shape index (κ3) is 4.52. The Morgan fingerprint density at radius 1 is 0.932 bits per heavy atom. The minimum absolute atomic E-state index is 0.0886. The number of nitrogens with zero attached hydrogens (tertiary/aromatic N) is 4. The molecule has 5 aliphatic rings. The molecule has 8 rings (SSSR count). The number of hydrogen-bond donors (Lipinski definition) is 3. The van der Waals surface area contributed by atoms with Gasteiger partial charge in [0.05, 0.1) is 34.7 Å². The first-order valence-corrected chi connectivity index (χ1v) is 15.7. The van der Waals surface area contributed by atoms with Crippen LogP contribution in [-0.4, -0.2) is 67.1 Å². The number of aromatic nitrogens is 3. The van der Waals surface area contributed by atoms with E-state index in [9.17, 15) is 24.3 Å². The number of carbonyl (C=O) groups excluding carboxylic acids is 4. The summed E-state index contributed by atoms with van der Waals surface area (Å²) in [5.41, 5.74) is 5.60. The molecule has 0 bridgehead atoms. The zero-order chi connectivity index (χ0) is 30.1. The average Bonchev–Trinajstić information content (AvgIpc) is 3.68. The van der Waals surface area contributed by atoms with E-state index in [1.807, 2.05) is 12.3 Å². The molecule has 3 saturated carbocycles. The maximum atomic E-state index is 13.4. The number of aliphatic hydroxyl groups is 1. The van der Waals surface area contributed by atoms with Gasteiger partial charge in [-0.15, -0.1) is 0 Å². The van der Waals surface area contributed by atoms with Crippen molar-refractivity contribution in [2.24, 2.45) is 5.92 Å². The monoisotopic (exact) mass is 594 g/mol. The molecule has 44 heavy (non-hydrogen) atoms. The molecule has 1 unspecified atom stereocenters. The predicted molar refractivity (Wildman–Crippen MR) is 159 cm³/mol. The van der Waals surface area contributed by atoms with Gasteiger partial charge in [0.25, 0.3) is 11.8 Å². The predicted octanol–water partition coefficient (Wildman–Crippen LogP) is 3.53. The summed E-state index contributed by atoms with van der Waals surface area (Å²) in [5, 5.41) is 20.6. The Morgan fingerprint density at radius 3 is 2.50 bits per heavy atom. The highest BCUT2D eigenvalue weighted by Crippen LogP contribution is 2.48. The molecule has 3 N–H and O–H groups in total. The van der Waals surface area contributed by atoms with Gasteiger partial charge in [-0.3, -0.25) is 39.1 Å². The Bertz CT molecular complexity index is 1700. The Labute approximate surface area is 254 Å². The largest absolute Gasteiger partial charge is 0.393 e. The summed E-state index contributed by atoms with van der Waals surface area (Å²) in [6.45, 7) is 0.644. The number of amides is 4. The van der Waals surface area contributed by atoms with Crippen molar-refractivity contribution in [1.82, 2.24) is 25.0 Å². The fraction of sp³-hybridized carbons (Fsp3) is 0.455. The van der Waals surface area contributed by atoms with Gasteiger partial charge in [-0.2, -0.15) is 5.10 Å². The van der Waals surface area contributed by atoms with Gasteiger partial charge in [-0.25, -0.2) is 0 Å². The third-order valence-corrected chi connectivity index (χ3v) is 10.0. The molecule has 3 aliphatic carbocycles. The normalized spacial score (nSPS) is 27.9. The van der Waals surface area contributed by atoms with E-state index in [1.165, 1.54) is 5.56 Å². The van der Waals surface area contributed by atoms with Crippen LogP contribution in [0, 0.1) is 5.92 Å². The number of fused-ring (bicyclic) bond motifs is 1. The van der Waals surface area contributed by atoms with E-state index in [-0.39, 0.29) is 36.1 Å². The molecule has 226 valence electrons. The first kappa shape index (κ1) is 27.2. The van der Waals surface area contributed by atoms with Crippen LogP contribution in [-0.2, 0) is 9.59 Å². The second-order valence-corrected chi connectivity index (χ2v) is 13.0. The van der Waals surface area contributed by atoms with E-state index in [0.29, 0.717) is 30.0 Å². The summed E-state index contributed by atoms with van der Waals surface area (Å²) in [6, 6.07) is 8.55. The van der Waals surface area contributed by atoms with Crippen molar-refractivity contribution in [2.45, 2.75) is 81.4 Å². The molecule has 1 aromatic carbocycles. The van der Waals surface area contributed by atoms with Crippen molar-refractivity contribution >= 4 is 29.3 Å². The first-order chi connectivity index (χ1) is 21.4. The van der Waals surface area contributed by atoms with Gasteiger partial charge in [0.1, 0.15) is 6.04 Å². The number of hydrogen-bond acceptors (Lipinski definition) is 8. The Kier molecular flexibility index (Phi) is 6.40. The lowest BCUT2D eigenvalue weighted by molar-refractivity contribution is -0.136. The van der Waals surface area contributed by atoms with E-state index >= 15 is 0 Å². The van der Waals surface area contributed by atoms with Gasteiger partial charge < -0.3 is 10.4 Å². The molecule has 1 atom stereocenters. The molecular formula is C33H34N6O5. The lowest BCUT2D eigenvalue weighted by Crippen LogP contribution is -2.54. The molecule has 4 heterocycles. The van der Waals surface area contributed by atoms with E-state index in [0.717, 1.165) is 60.4 Å². The molecule has 2 aromatic heterocycles. The molecule has 0 spiro atoms. The highest BCUT2D eigenvalue weighted by Gasteiger charge is 2.46. The van der Waals surface area contributed by atoms with Gasteiger partial charge in [0, 0.05) is 42.5 Å². The summed E-state index contributed by atoms with van der Waals surface area (Å²) < 4.78 is 2.12. The fourth-order valence-corrected chi connectivity index (χ4v) is 7.25. The van der Waals surface area contributed by atoms with Crippen LogP contribution in [0.5, 0.6) is 0 Å². The minimum Gasteiger partial charge on any atom is -0.393 e. The van der Waals surface area contributed by atoms with Gasteiger partial charge >= 0.3 is 0 Å². The van der Waals surface area contributed by atoms with E-state index in [4.69, 9.17) is 10.1 Å². The van der Waals surface area contributed by atoms with E-state index in [1.54, 1.807) is 18.2 Å². The summed E-state index contributed by atoms with van der Waals surface area (Å²) in [4.78, 5) is 56.4. The number of nitrogens with one attached hydrogen (secondary N) is 2. The van der Waals surface area contributed by atoms with Crippen LogP contribution in [0.1, 0.15) is 101 Å². The Morgan fingerprint density at radius 2 is 1.75 bits per heavy atom. The summed E-state index contributed by atoms with van der Waals surface area (Å²) >= 11 is 0. The zero-order valence-corrected chi connectivity index (χ0v) is 24.2. The lowest BCUT2D eigenvalue weighted by Gasteiger charge is -2.36. The number of anilines is 1. The van der Waals surface area contributed by atoms with Crippen LogP contribution in [0.25, 0.3) is 11.3 Å². The number of piperidine rings is 1. The number of aliphatic hydroxyl groups excluding tert-OH is 1. The maximum Gasteiger partial charge on any atom is 0.264 e. The topological polar surface area (TPSA) is 147 Å². The van der Waals surface area contributed by atoms with Crippen molar-refractivity contribution in [3.05, 3.63) is 65.1 Å². The molecule has 2 aliphatic heterocycles. The van der Waals surface area contributed by atoms with Gasteiger partial charge in [-0.05, 0) is 80.5 Å². The SMILES string of the molecule is O=C1CCC(N2C(=O)c3cccc(NC[C@H]4C[C@H](n5cc(-c6ncccc6[C@H]6C[C@H](O)C6)c(C6CC6)n5)C4)c3C2=O)C(=O)N1. The summed E-state index contributed by atoms with van der Waals surface area (Å²) in [7, 11) is 0. The molecular weight excluding hydrogens is 560 g/mol. The lowest BCUT2D eigenvalue weighted by atomic mass is 9.76. The van der Waals surface area contributed by atoms with Crippen LogP contribution in [0.3, 0.4) is 0 Å². The van der Waals surface area contributed by atoms with Crippen molar-refractivity contribution in [1.29, 1.82) is 0 Å². The Hall–Kier alpha value is -4.38. The van der Waals surface area contributed by atoms with Crippen molar-refractivity contribution in [3.63, 3.8) is 0 Å². The Balaban J connectivity index is 0.950. The highest BCUT2D eigenvalue weighted by molar-refractivity contribution is 6.25. The van der Waals surface area contributed by atoms with Crippen molar-refractivity contribution < 1.29 is 24.3 Å². The summed E-state index contributed by atoms with van der Waals surface area (Å²) in [5.74, 6) is -0.832. The highest BCUT2D eigenvalue weighted by atomic mass is 16.3. The smallest absolute Gasteiger partial charge is 0.264 e. The number of imide groups is 2. The van der Waals surface area contributed by atoms with E-state index < -0.39 is 29.7 Å². The zero-order valence-electron chi connectivity index (χ0n) is 24.2. The van der Waals surface area contributed by atoms with Crippen LogP contribution < -0.4 is 10.6 Å². The third-order valence-electron chi connectivity index (χ3n) is 10.0. The second kappa shape index (κ2) is 10.4. The first-order valence-electron chi connectivity index (χ1n) is 15.7. The van der Waals surface area contributed by atoms with Gasteiger partial charge in [0.15, 0.2) is 0 Å². The van der Waals surface area contributed by atoms with Gasteiger partial charge in [-0.1, -0.05) is 12.1 Å². The van der Waals surface area contributed by atoms with Gasteiger partial charge in [0.2, 0.25) is 11.8 Å². The summed E-state index contributed by atoms with van der Waals surface area (Å²) in [6.07, 6.45) is 9.74. The fourth-order valence-electron chi connectivity index (χ4n) is 7.25. The molecule has 11 heteroatoms. The van der Waals surface area contributed by atoms with Crippen LogP contribution in [0.4, 0.5) is 5.69 Å². The molecule has 11 nitrogen and oxygen atoms in total. The second-order valence-electron chi connectivity index (χ2n) is 13.0. The number of carbonyl (C=O) groups is 4. The molecule has 0 radical (unpaired) electrons. The quantitative estimate of drug-likeness (QED) is 0.336. The van der Waals surface area contributed by atoms with Crippen LogP contribution >= 0.6 is 0 Å².